The quantitative estimate of drug-likeness (QED) is 0.735. The Balaban J connectivity index is 2.60. The molecule has 0 bridgehead atoms. The summed E-state index contributed by atoms with van der Waals surface area (Å²) in [6, 6.07) is 3.35. The highest BCUT2D eigenvalue weighted by Crippen LogP contribution is 2.38. The van der Waals surface area contributed by atoms with Gasteiger partial charge in [0.05, 0.1) is 15.7 Å². The van der Waals surface area contributed by atoms with Crippen molar-refractivity contribution in [3.05, 3.63) is 39.4 Å². The SMILES string of the molecule is CC1=CC(=O)N(c2c(Cl)ccc(C)c2Cl)C1=O. The average molecular weight is 270 g/mol. The molecule has 0 N–H and O–H groups in total. The zero-order valence-electron chi connectivity index (χ0n) is 9.25. The van der Waals surface area contributed by atoms with E-state index in [0.29, 0.717) is 10.6 Å². The summed E-state index contributed by atoms with van der Waals surface area (Å²) < 4.78 is 0. The molecule has 1 aromatic carbocycles. The summed E-state index contributed by atoms with van der Waals surface area (Å²) >= 11 is 12.1. The first-order chi connectivity index (χ1) is 7.93. The van der Waals surface area contributed by atoms with Crippen LogP contribution < -0.4 is 4.90 Å². The molecule has 1 heterocycles. The van der Waals surface area contributed by atoms with Gasteiger partial charge in [-0.2, -0.15) is 0 Å². The predicted molar refractivity (Wildman–Crippen MR) is 67.4 cm³/mol. The molecule has 0 radical (unpaired) electrons. The summed E-state index contributed by atoms with van der Waals surface area (Å²) in [6.07, 6.45) is 1.28. The number of aryl methyl sites for hydroxylation is 1. The Morgan fingerprint density at radius 1 is 1.12 bits per heavy atom. The van der Waals surface area contributed by atoms with Crippen LogP contribution in [-0.4, -0.2) is 11.8 Å². The first-order valence-corrected chi connectivity index (χ1v) is 5.70. The molecule has 0 unspecified atom stereocenters. The molecule has 1 aliphatic rings. The molecule has 88 valence electrons. The van der Waals surface area contributed by atoms with E-state index >= 15 is 0 Å². The van der Waals surface area contributed by atoms with Gasteiger partial charge in [-0.1, -0.05) is 29.3 Å². The lowest BCUT2D eigenvalue weighted by Gasteiger charge is -2.18. The molecule has 0 fully saturated rings. The Morgan fingerprint density at radius 3 is 2.29 bits per heavy atom. The van der Waals surface area contributed by atoms with E-state index in [2.05, 4.69) is 0 Å². The van der Waals surface area contributed by atoms with Crippen LogP contribution in [0, 0.1) is 6.92 Å². The highest BCUT2D eigenvalue weighted by Gasteiger charge is 2.33. The van der Waals surface area contributed by atoms with Crippen LogP contribution in [0.4, 0.5) is 5.69 Å². The Labute approximate surface area is 109 Å². The molecule has 0 atom stereocenters. The molecule has 0 saturated carbocycles. The Morgan fingerprint density at radius 2 is 1.76 bits per heavy atom. The van der Waals surface area contributed by atoms with Crippen LogP contribution in [-0.2, 0) is 9.59 Å². The summed E-state index contributed by atoms with van der Waals surface area (Å²) in [5.41, 5.74) is 1.40. The zero-order valence-corrected chi connectivity index (χ0v) is 10.8. The maximum atomic E-state index is 11.9. The van der Waals surface area contributed by atoms with E-state index in [1.165, 1.54) is 6.08 Å². The number of anilines is 1. The number of carbonyl (C=O) groups excluding carboxylic acids is 2. The molecule has 0 spiro atoms. The predicted octanol–water partition coefficient (Wildman–Crippen LogP) is 3.12. The summed E-state index contributed by atoms with van der Waals surface area (Å²) in [4.78, 5) is 24.6. The fraction of sp³-hybridized carbons (Fsp3) is 0.167. The lowest BCUT2D eigenvalue weighted by molar-refractivity contribution is -0.120. The van der Waals surface area contributed by atoms with Gasteiger partial charge >= 0.3 is 0 Å². The molecule has 0 saturated heterocycles. The molecule has 1 aromatic rings. The van der Waals surface area contributed by atoms with E-state index in [9.17, 15) is 9.59 Å². The first-order valence-electron chi connectivity index (χ1n) is 4.95. The van der Waals surface area contributed by atoms with E-state index in [0.717, 1.165) is 10.5 Å². The Kier molecular flexibility index (Phi) is 2.98. The molecule has 0 aromatic heterocycles. The van der Waals surface area contributed by atoms with E-state index in [-0.39, 0.29) is 16.6 Å². The minimum Gasteiger partial charge on any atom is -0.269 e. The third-order valence-electron chi connectivity index (χ3n) is 2.58. The molecular formula is C12H9Cl2NO2. The second-order valence-electron chi connectivity index (χ2n) is 3.83. The molecule has 5 heteroatoms. The highest BCUT2D eigenvalue weighted by molar-refractivity contribution is 6.43. The van der Waals surface area contributed by atoms with Crippen LogP contribution in [0.5, 0.6) is 0 Å². The minimum atomic E-state index is -0.415. The smallest absolute Gasteiger partial charge is 0.261 e. The van der Waals surface area contributed by atoms with Crippen LogP contribution in [0.2, 0.25) is 10.0 Å². The molecular weight excluding hydrogens is 261 g/mol. The fourth-order valence-corrected chi connectivity index (χ4v) is 2.19. The largest absolute Gasteiger partial charge is 0.269 e. The van der Waals surface area contributed by atoms with Gasteiger partial charge in [0.2, 0.25) is 0 Å². The third-order valence-corrected chi connectivity index (χ3v) is 3.37. The summed E-state index contributed by atoms with van der Waals surface area (Å²) in [5, 5.41) is 0.604. The van der Waals surface area contributed by atoms with Gasteiger partial charge in [0.1, 0.15) is 0 Å². The number of benzene rings is 1. The number of halogens is 2. The molecule has 1 aliphatic heterocycles. The number of carbonyl (C=O) groups is 2. The maximum absolute atomic E-state index is 11.9. The molecule has 17 heavy (non-hydrogen) atoms. The van der Waals surface area contributed by atoms with Crippen LogP contribution in [0.3, 0.4) is 0 Å². The Hall–Kier alpha value is -1.32. The van der Waals surface area contributed by atoms with Crippen molar-refractivity contribution in [3.8, 4) is 0 Å². The van der Waals surface area contributed by atoms with E-state index in [1.54, 1.807) is 26.0 Å². The number of imide groups is 1. The van der Waals surface area contributed by atoms with Crippen molar-refractivity contribution in [3.63, 3.8) is 0 Å². The van der Waals surface area contributed by atoms with Crippen LogP contribution in [0.15, 0.2) is 23.8 Å². The van der Waals surface area contributed by atoms with Crippen LogP contribution >= 0.6 is 23.2 Å². The van der Waals surface area contributed by atoms with E-state index < -0.39 is 5.91 Å². The minimum absolute atomic E-state index is 0.261. The van der Waals surface area contributed by atoms with Gasteiger partial charge in [-0.05, 0) is 25.5 Å². The highest BCUT2D eigenvalue weighted by atomic mass is 35.5. The third kappa shape index (κ3) is 1.85. The topological polar surface area (TPSA) is 37.4 Å². The van der Waals surface area contributed by atoms with Gasteiger partial charge < -0.3 is 0 Å². The van der Waals surface area contributed by atoms with Crippen LogP contribution in [0.1, 0.15) is 12.5 Å². The van der Waals surface area contributed by atoms with Crippen molar-refractivity contribution in [2.45, 2.75) is 13.8 Å². The lowest BCUT2D eigenvalue weighted by atomic mass is 10.2. The van der Waals surface area contributed by atoms with E-state index in [1.807, 2.05) is 0 Å². The lowest BCUT2D eigenvalue weighted by Crippen LogP contribution is -2.31. The number of hydrogen-bond acceptors (Lipinski definition) is 2. The molecule has 0 aliphatic carbocycles. The standard InChI is InChI=1S/C12H9Cl2NO2/c1-6-3-4-8(13)11(10(6)14)15-9(16)5-7(2)12(15)17/h3-5H,1-2H3. The second kappa shape index (κ2) is 4.17. The number of amides is 2. The fourth-order valence-electron chi connectivity index (χ4n) is 1.65. The van der Waals surface area contributed by atoms with Gasteiger partial charge in [-0.3, -0.25) is 9.59 Å². The summed E-state index contributed by atoms with van der Waals surface area (Å²) in [5.74, 6) is -0.800. The average Bonchev–Trinajstić information content (AvgIpc) is 2.51. The van der Waals surface area contributed by atoms with Crippen molar-refractivity contribution in [2.75, 3.05) is 4.90 Å². The van der Waals surface area contributed by atoms with Crippen molar-refractivity contribution in [1.82, 2.24) is 0 Å². The van der Waals surface area contributed by atoms with Gasteiger partial charge in [-0.15, -0.1) is 0 Å². The monoisotopic (exact) mass is 269 g/mol. The molecule has 3 nitrogen and oxygen atoms in total. The number of rotatable bonds is 1. The Bertz CT molecular complexity index is 564. The van der Waals surface area contributed by atoms with Crippen molar-refractivity contribution < 1.29 is 9.59 Å². The first kappa shape index (κ1) is 12.1. The number of nitrogens with zero attached hydrogens (tertiary/aromatic N) is 1. The molecule has 2 rings (SSSR count). The summed E-state index contributed by atoms with van der Waals surface area (Å²) in [7, 11) is 0. The zero-order chi connectivity index (χ0) is 12.7. The van der Waals surface area contributed by atoms with Crippen molar-refractivity contribution >= 4 is 40.7 Å². The van der Waals surface area contributed by atoms with Gasteiger partial charge in [0.15, 0.2) is 0 Å². The van der Waals surface area contributed by atoms with Gasteiger partial charge in [-0.25, -0.2) is 4.90 Å². The van der Waals surface area contributed by atoms with E-state index in [4.69, 9.17) is 23.2 Å². The maximum Gasteiger partial charge on any atom is 0.261 e. The van der Waals surface area contributed by atoms with Crippen molar-refractivity contribution in [2.24, 2.45) is 0 Å². The summed E-state index contributed by atoms with van der Waals surface area (Å²) in [6.45, 7) is 3.37. The number of hydrogen-bond donors (Lipinski definition) is 0. The van der Waals surface area contributed by atoms with Crippen LogP contribution in [0.25, 0.3) is 0 Å². The van der Waals surface area contributed by atoms with Crippen molar-refractivity contribution in [1.29, 1.82) is 0 Å². The van der Waals surface area contributed by atoms with Gasteiger partial charge in [0.25, 0.3) is 11.8 Å². The normalized spacial score (nSPS) is 15.5. The molecule has 2 amide bonds. The van der Waals surface area contributed by atoms with Gasteiger partial charge in [0, 0.05) is 11.6 Å². The second-order valence-corrected chi connectivity index (χ2v) is 4.62.